The van der Waals surface area contributed by atoms with Gasteiger partial charge in [0.15, 0.2) is 0 Å². The van der Waals surface area contributed by atoms with Gasteiger partial charge in [-0.2, -0.15) is 5.10 Å². The predicted molar refractivity (Wildman–Crippen MR) is 226 cm³/mol. The molecule has 0 fully saturated rings. The van der Waals surface area contributed by atoms with E-state index >= 15 is 0 Å². The molecule has 8 heteroatoms. The molecule has 0 spiro atoms. The summed E-state index contributed by atoms with van der Waals surface area (Å²) >= 11 is 0. The second-order valence-corrected chi connectivity index (χ2v) is 13.8. The number of carbonyl (C=O) groups excluding carboxylic acids is 2. The molecule has 1 aliphatic rings. The van der Waals surface area contributed by atoms with Gasteiger partial charge < -0.3 is 16.2 Å². The third-order valence-corrected chi connectivity index (χ3v) is 9.93. The smallest absolute Gasteiger partial charge is 0.345 e. The van der Waals surface area contributed by atoms with Crippen LogP contribution in [0.2, 0.25) is 0 Å². The molecule has 0 unspecified atom stereocenters. The fourth-order valence-corrected chi connectivity index (χ4v) is 6.88. The molecule has 6 aromatic rings. The number of nitrogens with zero attached hydrogens (tertiary/aromatic N) is 3. The first-order chi connectivity index (χ1) is 27.5. The number of nitrogens with one attached hydrogen (secondary N) is 1. The monoisotopic (exact) mass is 739 g/mol. The summed E-state index contributed by atoms with van der Waals surface area (Å²) in [5.41, 5.74) is 14.3. The van der Waals surface area contributed by atoms with Gasteiger partial charge in [-0.1, -0.05) is 133 Å². The number of fused-ring (bicyclic) bond motifs is 1. The van der Waals surface area contributed by atoms with Crippen LogP contribution in [0.5, 0.6) is 5.75 Å². The first-order valence-corrected chi connectivity index (χ1v) is 19.0. The van der Waals surface area contributed by atoms with E-state index in [1.54, 1.807) is 29.2 Å². The zero-order chi connectivity index (χ0) is 38.7. The van der Waals surface area contributed by atoms with Gasteiger partial charge in [0.05, 0.1) is 17.9 Å². The van der Waals surface area contributed by atoms with Crippen molar-refractivity contribution in [1.29, 1.82) is 0 Å². The summed E-state index contributed by atoms with van der Waals surface area (Å²) in [6.07, 6.45) is 5.19. The number of phenols is 1. The lowest BCUT2D eigenvalue weighted by Gasteiger charge is -2.27. The summed E-state index contributed by atoms with van der Waals surface area (Å²) in [6, 6.07) is 50.7. The molecule has 0 atom stereocenters. The lowest BCUT2D eigenvalue weighted by molar-refractivity contribution is 0.0952. The van der Waals surface area contributed by atoms with Crippen LogP contribution >= 0.6 is 0 Å². The number of hydrogen-bond donors (Lipinski definition) is 3. The first-order valence-electron chi connectivity index (χ1n) is 19.0. The molecule has 0 saturated carbocycles. The van der Waals surface area contributed by atoms with Gasteiger partial charge in [0.25, 0.3) is 5.91 Å². The van der Waals surface area contributed by atoms with Crippen LogP contribution in [0.15, 0.2) is 169 Å². The summed E-state index contributed by atoms with van der Waals surface area (Å²) in [5.74, 6) is -0.121. The Morgan fingerprint density at radius 1 is 0.732 bits per heavy atom. The number of urea groups is 1. The second kappa shape index (κ2) is 18.0. The minimum Gasteiger partial charge on any atom is -0.508 e. The highest BCUT2D eigenvalue weighted by molar-refractivity contribution is 6.17. The topological polar surface area (TPSA) is 111 Å². The molecule has 4 N–H and O–H groups in total. The second-order valence-electron chi connectivity index (χ2n) is 13.8. The molecule has 0 aromatic heterocycles. The Bertz CT molecular complexity index is 2250. The summed E-state index contributed by atoms with van der Waals surface area (Å²) in [5, 5.41) is 19.5. The highest BCUT2D eigenvalue weighted by Crippen LogP contribution is 2.32. The Balaban J connectivity index is 1.25. The molecule has 1 aliphatic heterocycles. The van der Waals surface area contributed by atoms with E-state index in [1.165, 1.54) is 5.01 Å². The molecule has 0 radical (unpaired) electrons. The fraction of sp³-hybridized carbons (Fsp3) is 0.146. The van der Waals surface area contributed by atoms with Gasteiger partial charge in [-0.15, -0.1) is 0 Å². The number of hydrazone groups is 1. The number of nitrogens with two attached hydrogens (primary N) is 1. The van der Waals surface area contributed by atoms with Crippen LogP contribution < -0.4 is 16.0 Å². The Morgan fingerprint density at radius 2 is 1.36 bits per heavy atom. The summed E-state index contributed by atoms with van der Waals surface area (Å²) in [7, 11) is 0. The third kappa shape index (κ3) is 9.12. The summed E-state index contributed by atoms with van der Waals surface area (Å²) in [6.45, 7) is 1.52. The van der Waals surface area contributed by atoms with Gasteiger partial charge in [-0.25, -0.2) is 9.80 Å². The van der Waals surface area contributed by atoms with Crippen molar-refractivity contribution in [3.05, 3.63) is 197 Å². The Labute approximate surface area is 328 Å². The number of aromatic hydroxyl groups is 1. The van der Waals surface area contributed by atoms with Crippen molar-refractivity contribution in [2.24, 2.45) is 10.8 Å². The molecular weight excluding hydrogens is 695 g/mol. The number of allylic oxidation sites excluding steroid dienone is 1. The van der Waals surface area contributed by atoms with E-state index in [-0.39, 0.29) is 30.2 Å². The van der Waals surface area contributed by atoms with Gasteiger partial charge in [0.1, 0.15) is 5.75 Å². The molecule has 56 heavy (non-hydrogen) atoms. The van der Waals surface area contributed by atoms with E-state index in [2.05, 4.69) is 53.8 Å². The molecule has 0 saturated heterocycles. The normalized spacial score (nSPS) is 12.8. The number of phenolic OH excluding ortho intramolecular Hbond substituents is 1. The van der Waals surface area contributed by atoms with Crippen molar-refractivity contribution in [2.75, 3.05) is 24.5 Å². The van der Waals surface area contributed by atoms with Crippen LogP contribution in [0, 0.1) is 0 Å². The van der Waals surface area contributed by atoms with Crippen molar-refractivity contribution in [1.82, 2.24) is 10.3 Å². The maximum absolute atomic E-state index is 14.6. The third-order valence-electron chi connectivity index (χ3n) is 9.93. The van der Waals surface area contributed by atoms with Crippen molar-refractivity contribution in [3.8, 4) is 16.9 Å². The maximum atomic E-state index is 14.6. The van der Waals surface area contributed by atoms with Gasteiger partial charge in [0.2, 0.25) is 0 Å². The number of hydrogen-bond acceptors (Lipinski definition) is 5. The molecule has 0 bridgehead atoms. The number of benzene rings is 6. The van der Waals surface area contributed by atoms with Crippen LogP contribution in [0.1, 0.15) is 56.9 Å². The number of unbranched alkanes of at least 4 members (excludes halogenated alkanes) is 1. The van der Waals surface area contributed by atoms with Crippen LogP contribution in [-0.2, 0) is 6.54 Å². The maximum Gasteiger partial charge on any atom is 0.345 e. The number of amides is 3. The van der Waals surface area contributed by atoms with Crippen molar-refractivity contribution < 1.29 is 14.7 Å². The van der Waals surface area contributed by atoms with Crippen LogP contribution in [-0.4, -0.2) is 47.4 Å². The largest absolute Gasteiger partial charge is 0.508 e. The van der Waals surface area contributed by atoms with E-state index < -0.39 is 0 Å². The molecule has 3 amide bonds. The van der Waals surface area contributed by atoms with Crippen LogP contribution in [0.3, 0.4) is 0 Å². The Morgan fingerprint density at radius 3 is 2.00 bits per heavy atom. The summed E-state index contributed by atoms with van der Waals surface area (Å²) in [4.78, 5) is 30.4. The Hall–Kier alpha value is -6.77. The minimum atomic E-state index is -0.297. The molecule has 6 aromatic carbocycles. The standard InChI is InChI=1S/C48H45N5O3/c49-30-10-11-31-53-48(56)52(34-36-18-23-38(24-19-36)37-12-4-1-5-13-37)46-32-41(25-28-43(46)45(51-53)29-22-35-20-26-42(54)27-21-35)47(55)50-33-44(39-14-6-2-7-15-39)40-16-8-3-9-17-40/h1-9,12-29,32,44,54H,10-11,30-31,33-34,49H2,(H,50,55)/b29-22+. The van der Waals surface area contributed by atoms with Crippen LogP contribution in [0.25, 0.3) is 17.2 Å². The number of carbonyl (C=O) groups is 2. The van der Waals surface area contributed by atoms with E-state index in [9.17, 15) is 14.7 Å². The van der Waals surface area contributed by atoms with Crippen molar-refractivity contribution in [3.63, 3.8) is 0 Å². The first kappa shape index (κ1) is 37.5. The van der Waals surface area contributed by atoms with E-state index in [1.807, 2.05) is 97.1 Å². The van der Waals surface area contributed by atoms with Crippen LogP contribution in [0.4, 0.5) is 10.5 Å². The van der Waals surface area contributed by atoms with Crippen molar-refractivity contribution in [2.45, 2.75) is 25.3 Å². The molecule has 0 aliphatic carbocycles. The molecule has 1 heterocycles. The average Bonchev–Trinajstić information content (AvgIpc) is 3.35. The zero-order valence-corrected chi connectivity index (χ0v) is 31.2. The van der Waals surface area contributed by atoms with Crippen molar-refractivity contribution >= 4 is 29.4 Å². The Kier molecular flexibility index (Phi) is 12.1. The molecule has 280 valence electrons. The lowest BCUT2D eigenvalue weighted by atomic mass is 9.91. The quantitative estimate of drug-likeness (QED) is 0.0968. The van der Waals surface area contributed by atoms with E-state index in [4.69, 9.17) is 10.8 Å². The van der Waals surface area contributed by atoms with E-state index in [0.29, 0.717) is 48.6 Å². The lowest BCUT2D eigenvalue weighted by Crippen LogP contribution is -2.40. The van der Waals surface area contributed by atoms with Gasteiger partial charge in [-0.05, 0) is 89.2 Å². The summed E-state index contributed by atoms with van der Waals surface area (Å²) < 4.78 is 0. The fourth-order valence-electron chi connectivity index (χ4n) is 6.88. The number of anilines is 1. The zero-order valence-electron chi connectivity index (χ0n) is 31.2. The molecule has 7 rings (SSSR count). The van der Waals surface area contributed by atoms with E-state index in [0.717, 1.165) is 39.8 Å². The highest BCUT2D eigenvalue weighted by Gasteiger charge is 2.30. The minimum absolute atomic E-state index is 0.0510. The predicted octanol–water partition coefficient (Wildman–Crippen LogP) is 9.22. The van der Waals surface area contributed by atoms with Gasteiger partial charge in [-0.3, -0.25) is 9.69 Å². The molecule has 8 nitrogen and oxygen atoms in total. The van der Waals surface area contributed by atoms with Gasteiger partial charge >= 0.3 is 6.03 Å². The van der Waals surface area contributed by atoms with Gasteiger partial charge in [0, 0.05) is 30.1 Å². The average molecular weight is 740 g/mol. The number of rotatable bonds is 14. The molecular formula is C48H45N5O3. The SMILES string of the molecule is NCCCCN1N=C(/C=C/c2ccc(O)cc2)c2ccc(C(=O)NCC(c3ccccc3)c3ccccc3)cc2N(Cc2ccc(-c3ccccc3)cc2)C1=O. The highest BCUT2D eigenvalue weighted by atomic mass is 16.3.